The third-order valence-corrected chi connectivity index (χ3v) is 2.24. The number of nitrogens with zero attached hydrogens (tertiary/aromatic N) is 1. The maximum absolute atomic E-state index is 10.7. The summed E-state index contributed by atoms with van der Waals surface area (Å²) in [6, 6.07) is 6.73. The van der Waals surface area contributed by atoms with E-state index < -0.39 is 5.97 Å². The Morgan fingerprint density at radius 3 is 2.05 bits per heavy atom. The van der Waals surface area contributed by atoms with Crippen molar-refractivity contribution < 1.29 is 9.90 Å². The number of carbonyl (C=O) groups is 1. The number of hydrogen-bond donors (Lipinski definition) is 2. The number of anilines is 1. The van der Waals surface area contributed by atoms with Gasteiger partial charge in [-0.15, -0.1) is 0 Å². The zero-order valence-electron chi connectivity index (χ0n) is 13.1. The van der Waals surface area contributed by atoms with Gasteiger partial charge in [-0.25, -0.2) is 4.79 Å². The molecular formula is C16H26N2O2. The molecule has 112 valence electrons. The summed E-state index contributed by atoms with van der Waals surface area (Å²) in [5.41, 5.74) is 6.78. The Bertz CT molecular complexity index is 423. The van der Waals surface area contributed by atoms with Crippen LogP contribution in [-0.4, -0.2) is 25.2 Å². The number of hydrogen-bond acceptors (Lipinski definition) is 3. The summed E-state index contributed by atoms with van der Waals surface area (Å²) in [7, 11) is 3.41. The van der Waals surface area contributed by atoms with Crippen LogP contribution in [0.15, 0.2) is 48.7 Å². The van der Waals surface area contributed by atoms with Gasteiger partial charge in [0, 0.05) is 18.9 Å². The Labute approximate surface area is 122 Å². The number of benzene rings is 1. The number of aromatic carboxylic acids is 1. The van der Waals surface area contributed by atoms with Crippen molar-refractivity contribution in [2.45, 2.75) is 20.8 Å². The molecule has 1 rings (SSSR count). The molecule has 0 spiro atoms. The summed E-state index contributed by atoms with van der Waals surface area (Å²) in [5.74, 6) is -0.910. The van der Waals surface area contributed by atoms with Crippen LogP contribution < -0.4 is 10.6 Å². The van der Waals surface area contributed by atoms with Crippen molar-refractivity contribution in [2.24, 2.45) is 5.73 Å². The molecule has 0 saturated carbocycles. The van der Waals surface area contributed by atoms with Gasteiger partial charge < -0.3 is 15.7 Å². The minimum Gasteiger partial charge on any atom is -0.478 e. The molecule has 0 saturated heterocycles. The highest BCUT2D eigenvalue weighted by Crippen LogP contribution is 2.15. The summed E-state index contributed by atoms with van der Waals surface area (Å²) >= 11 is 0. The smallest absolute Gasteiger partial charge is 0.335 e. The number of rotatable bonds is 4. The van der Waals surface area contributed by atoms with Gasteiger partial charge in [0.2, 0.25) is 0 Å². The van der Waals surface area contributed by atoms with Crippen molar-refractivity contribution in [1.82, 2.24) is 0 Å². The summed E-state index contributed by atoms with van der Waals surface area (Å²) < 4.78 is 0. The molecule has 0 atom stereocenters. The monoisotopic (exact) mass is 278 g/mol. The van der Waals surface area contributed by atoms with E-state index in [-0.39, 0.29) is 0 Å². The van der Waals surface area contributed by atoms with Gasteiger partial charge >= 0.3 is 5.97 Å². The summed E-state index contributed by atoms with van der Waals surface area (Å²) in [5, 5.41) is 8.76. The maximum atomic E-state index is 10.7. The molecule has 0 amide bonds. The summed E-state index contributed by atoms with van der Waals surface area (Å²) in [6.07, 6.45) is 3.70. The third kappa shape index (κ3) is 7.38. The Kier molecular flexibility index (Phi) is 12.1. The van der Waals surface area contributed by atoms with Gasteiger partial charge in [0.05, 0.1) is 5.56 Å². The predicted octanol–water partition coefficient (Wildman–Crippen LogP) is 3.51. The molecule has 3 N–H and O–H groups in total. The standard InChI is InChI=1S/C13H15NO2.C2H6.CH5N/c1-4-10(2)9-14(3)12-7-5-11(6-8-12)13(15)16;2*1-2/h4-9H,1H2,2-3H3,(H,15,16);1-2H3;2H2,1H3/b10-9+;;. The second-order valence-electron chi connectivity index (χ2n) is 3.54. The molecular weight excluding hydrogens is 252 g/mol. The average Bonchev–Trinajstić information content (AvgIpc) is 2.51. The van der Waals surface area contributed by atoms with Crippen molar-refractivity contribution in [3.05, 3.63) is 54.3 Å². The number of nitrogens with two attached hydrogens (primary N) is 1. The molecule has 20 heavy (non-hydrogen) atoms. The van der Waals surface area contributed by atoms with E-state index in [4.69, 9.17) is 5.11 Å². The quantitative estimate of drug-likeness (QED) is 0.827. The van der Waals surface area contributed by atoms with Gasteiger partial charge in [0.25, 0.3) is 0 Å². The molecule has 4 nitrogen and oxygen atoms in total. The highest BCUT2D eigenvalue weighted by molar-refractivity contribution is 5.88. The maximum Gasteiger partial charge on any atom is 0.335 e. The minimum absolute atomic E-state index is 0.293. The Morgan fingerprint density at radius 2 is 1.70 bits per heavy atom. The minimum atomic E-state index is -0.910. The lowest BCUT2D eigenvalue weighted by molar-refractivity contribution is 0.0697. The molecule has 1 aromatic rings. The molecule has 0 aliphatic heterocycles. The molecule has 0 fully saturated rings. The van der Waals surface area contributed by atoms with Gasteiger partial charge in [-0.05, 0) is 43.8 Å². The highest BCUT2D eigenvalue weighted by atomic mass is 16.4. The molecule has 0 aromatic heterocycles. The molecule has 0 aliphatic carbocycles. The molecule has 0 heterocycles. The van der Waals surface area contributed by atoms with Crippen molar-refractivity contribution in [3.8, 4) is 0 Å². The second kappa shape index (κ2) is 12.0. The van der Waals surface area contributed by atoms with E-state index in [0.717, 1.165) is 11.3 Å². The van der Waals surface area contributed by atoms with Gasteiger partial charge in [-0.3, -0.25) is 0 Å². The van der Waals surface area contributed by atoms with E-state index in [9.17, 15) is 4.79 Å². The fourth-order valence-electron chi connectivity index (χ4n) is 1.27. The lowest BCUT2D eigenvalue weighted by atomic mass is 10.2. The van der Waals surface area contributed by atoms with Crippen LogP contribution in [0.5, 0.6) is 0 Å². The SMILES string of the molecule is C=C/C(C)=C/N(C)c1ccc(C(=O)O)cc1.CC.CN. The van der Waals surface area contributed by atoms with Gasteiger partial charge in [0.15, 0.2) is 0 Å². The van der Waals surface area contributed by atoms with E-state index in [2.05, 4.69) is 12.3 Å². The lowest BCUT2D eigenvalue weighted by Crippen LogP contribution is -2.09. The zero-order valence-corrected chi connectivity index (χ0v) is 13.1. The fraction of sp³-hybridized carbons (Fsp3) is 0.312. The van der Waals surface area contributed by atoms with Crippen LogP contribution in [0, 0.1) is 0 Å². The van der Waals surface area contributed by atoms with Crippen LogP contribution >= 0.6 is 0 Å². The first kappa shape index (κ1) is 20.3. The predicted molar refractivity (Wildman–Crippen MR) is 87.2 cm³/mol. The topological polar surface area (TPSA) is 66.6 Å². The largest absolute Gasteiger partial charge is 0.478 e. The molecule has 0 aliphatic rings. The van der Waals surface area contributed by atoms with Gasteiger partial charge in [-0.2, -0.15) is 0 Å². The first-order valence-corrected chi connectivity index (χ1v) is 6.49. The van der Waals surface area contributed by atoms with E-state index >= 15 is 0 Å². The van der Waals surface area contributed by atoms with E-state index in [1.807, 2.05) is 38.9 Å². The summed E-state index contributed by atoms with van der Waals surface area (Å²) in [4.78, 5) is 12.6. The fourth-order valence-corrected chi connectivity index (χ4v) is 1.27. The lowest BCUT2D eigenvalue weighted by Gasteiger charge is -2.15. The van der Waals surface area contributed by atoms with E-state index in [1.54, 1.807) is 30.3 Å². The molecule has 1 aromatic carbocycles. The van der Waals surface area contributed by atoms with E-state index in [1.165, 1.54) is 7.05 Å². The normalized spacial score (nSPS) is 9.40. The van der Waals surface area contributed by atoms with Gasteiger partial charge in [0.1, 0.15) is 0 Å². The Hall–Kier alpha value is -2.07. The molecule has 0 unspecified atom stereocenters. The van der Waals surface area contributed by atoms with Crippen LogP contribution in [0.1, 0.15) is 31.1 Å². The van der Waals surface area contributed by atoms with Crippen molar-refractivity contribution in [3.63, 3.8) is 0 Å². The van der Waals surface area contributed by atoms with Crippen LogP contribution in [0.25, 0.3) is 0 Å². The zero-order chi connectivity index (χ0) is 16.1. The second-order valence-corrected chi connectivity index (χ2v) is 3.54. The molecule has 0 bridgehead atoms. The number of allylic oxidation sites excluding steroid dienone is 2. The molecule has 0 radical (unpaired) electrons. The summed E-state index contributed by atoms with van der Waals surface area (Å²) in [6.45, 7) is 9.63. The first-order valence-electron chi connectivity index (χ1n) is 6.49. The Balaban J connectivity index is 0. The van der Waals surface area contributed by atoms with Gasteiger partial charge in [-0.1, -0.05) is 26.5 Å². The average molecular weight is 278 g/mol. The van der Waals surface area contributed by atoms with Crippen molar-refractivity contribution >= 4 is 11.7 Å². The van der Waals surface area contributed by atoms with Crippen molar-refractivity contribution in [1.29, 1.82) is 0 Å². The first-order chi connectivity index (χ1) is 9.54. The highest BCUT2D eigenvalue weighted by Gasteiger charge is 2.03. The molecule has 4 heteroatoms. The van der Waals surface area contributed by atoms with Crippen LogP contribution in [-0.2, 0) is 0 Å². The Morgan fingerprint density at radius 1 is 1.25 bits per heavy atom. The van der Waals surface area contributed by atoms with Crippen molar-refractivity contribution in [2.75, 3.05) is 19.0 Å². The third-order valence-electron chi connectivity index (χ3n) is 2.24. The number of carboxylic acids is 1. The van der Waals surface area contributed by atoms with Crippen LogP contribution in [0.2, 0.25) is 0 Å². The van der Waals surface area contributed by atoms with Crippen LogP contribution in [0.4, 0.5) is 5.69 Å². The van der Waals surface area contributed by atoms with E-state index in [0.29, 0.717) is 5.56 Å². The number of carboxylic acid groups (broad SMARTS) is 1. The van der Waals surface area contributed by atoms with Crippen LogP contribution in [0.3, 0.4) is 0 Å².